The molecule has 0 radical (unpaired) electrons. The number of benzene rings is 1. The van der Waals surface area contributed by atoms with E-state index in [9.17, 15) is 35.4 Å². The molecule has 1 saturated carbocycles. The Labute approximate surface area is 205 Å². The molecule has 0 spiro atoms. The third kappa shape index (κ3) is 4.40. The van der Waals surface area contributed by atoms with Crippen LogP contribution >= 0.6 is 0 Å². The molecule has 196 valence electrons. The standard InChI is InChI=1S/C24H28O12/c25-9-14-18(29)19(30)20(31)23(34-14)35-22-16-13(7-8-32-22)17(28)21-24(16,36-21)10-33-15(27)6-3-11-1-4-12(26)5-2-11/h1-8,13-14,16-23,25-26,28-31H,9-10H2/t13-,14-,16-,17+,18-,19+,20-,21+,22+,23+,24-/m1/s1. The first-order valence-electron chi connectivity index (χ1n) is 11.5. The molecule has 0 aromatic heterocycles. The number of hydrogen-bond acceptors (Lipinski definition) is 12. The number of carbonyl (C=O) groups is 1. The fraction of sp³-hybridized carbons (Fsp3) is 0.542. The lowest BCUT2D eigenvalue weighted by atomic mass is 9.85. The van der Waals surface area contributed by atoms with Crippen LogP contribution in [0.4, 0.5) is 0 Å². The van der Waals surface area contributed by atoms with Gasteiger partial charge < -0.3 is 54.3 Å². The number of epoxide rings is 1. The first-order valence-corrected chi connectivity index (χ1v) is 11.5. The smallest absolute Gasteiger partial charge is 0.330 e. The highest BCUT2D eigenvalue weighted by atomic mass is 16.8. The molecule has 3 heterocycles. The number of ether oxygens (including phenoxy) is 5. The second-order valence-corrected chi connectivity index (χ2v) is 9.29. The maximum Gasteiger partial charge on any atom is 0.330 e. The van der Waals surface area contributed by atoms with Gasteiger partial charge in [-0.3, -0.25) is 0 Å². The number of carbonyl (C=O) groups excluding carboxylic acids is 1. The van der Waals surface area contributed by atoms with Gasteiger partial charge in [-0.1, -0.05) is 12.1 Å². The molecule has 2 saturated heterocycles. The summed E-state index contributed by atoms with van der Waals surface area (Å²) < 4.78 is 28.0. The molecule has 0 amide bonds. The van der Waals surface area contributed by atoms with Crippen molar-refractivity contribution in [2.24, 2.45) is 11.8 Å². The quantitative estimate of drug-likeness (QED) is 0.141. The molecule has 0 unspecified atom stereocenters. The lowest BCUT2D eigenvalue weighted by molar-refractivity contribution is -0.344. The molecule has 3 aliphatic heterocycles. The van der Waals surface area contributed by atoms with Gasteiger partial charge in [-0.2, -0.15) is 0 Å². The average Bonchev–Trinajstić information content (AvgIpc) is 3.56. The predicted octanol–water partition coefficient (Wildman–Crippen LogP) is -1.62. The number of phenolic OH excluding ortho intramolecular Hbond substituents is 1. The normalized spacial score (nSPS) is 43.0. The Kier molecular flexibility index (Phi) is 6.78. The summed E-state index contributed by atoms with van der Waals surface area (Å²) in [6, 6.07) is 6.22. The monoisotopic (exact) mass is 508 g/mol. The van der Waals surface area contributed by atoms with Crippen molar-refractivity contribution in [3.8, 4) is 5.75 Å². The van der Waals surface area contributed by atoms with Crippen molar-refractivity contribution >= 4 is 12.0 Å². The molecule has 6 N–H and O–H groups in total. The van der Waals surface area contributed by atoms with Crippen molar-refractivity contribution in [2.75, 3.05) is 13.2 Å². The Morgan fingerprint density at radius 2 is 1.78 bits per heavy atom. The van der Waals surface area contributed by atoms with Gasteiger partial charge in [-0.05, 0) is 29.8 Å². The van der Waals surface area contributed by atoms with Crippen LogP contribution in [0.5, 0.6) is 5.75 Å². The van der Waals surface area contributed by atoms with E-state index >= 15 is 0 Å². The molecule has 4 aliphatic rings. The van der Waals surface area contributed by atoms with Gasteiger partial charge in [-0.15, -0.1) is 0 Å². The third-order valence-electron chi connectivity index (χ3n) is 7.12. The molecule has 1 aliphatic carbocycles. The number of phenols is 1. The summed E-state index contributed by atoms with van der Waals surface area (Å²) in [5, 5.41) is 59.9. The minimum absolute atomic E-state index is 0.101. The first-order chi connectivity index (χ1) is 17.2. The van der Waals surface area contributed by atoms with E-state index in [1.54, 1.807) is 18.2 Å². The topological polar surface area (TPSA) is 188 Å². The van der Waals surface area contributed by atoms with Crippen LogP contribution in [0.1, 0.15) is 5.56 Å². The second kappa shape index (κ2) is 9.72. The van der Waals surface area contributed by atoms with Gasteiger partial charge in [-0.25, -0.2) is 4.79 Å². The first kappa shape index (κ1) is 25.1. The highest BCUT2D eigenvalue weighted by Gasteiger charge is 2.76. The second-order valence-electron chi connectivity index (χ2n) is 9.29. The molecule has 3 fully saturated rings. The minimum Gasteiger partial charge on any atom is -0.508 e. The molecule has 11 atom stereocenters. The van der Waals surface area contributed by atoms with Gasteiger partial charge >= 0.3 is 5.97 Å². The Balaban J connectivity index is 1.27. The molecule has 1 aromatic rings. The van der Waals surface area contributed by atoms with Crippen molar-refractivity contribution in [1.82, 2.24) is 0 Å². The summed E-state index contributed by atoms with van der Waals surface area (Å²) in [5.41, 5.74) is -0.436. The number of aliphatic hydroxyl groups excluding tert-OH is 5. The van der Waals surface area contributed by atoms with E-state index in [4.69, 9.17) is 23.7 Å². The molecule has 12 heteroatoms. The number of aliphatic hydroxyl groups is 5. The summed E-state index contributed by atoms with van der Waals surface area (Å²) in [6.07, 6.45) is -4.42. The van der Waals surface area contributed by atoms with E-state index in [-0.39, 0.29) is 12.4 Å². The van der Waals surface area contributed by atoms with E-state index < -0.39 is 79.2 Å². The third-order valence-corrected chi connectivity index (χ3v) is 7.12. The van der Waals surface area contributed by atoms with Gasteiger partial charge in [0.15, 0.2) is 6.29 Å². The largest absolute Gasteiger partial charge is 0.508 e. The van der Waals surface area contributed by atoms with Crippen LogP contribution in [0.3, 0.4) is 0 Å². The van der Waals surface area contributed by atoms with Gasteiger partial charge in [0, 0.05) is 12.0 Å². The highest BCUT2D eigenvalue weighted by Crippen LogP contribution is 2.60. The fourth-order valence-corrected chi connectivity index (χ4v) is 5.14. The van der Waals surface area contributed by atoms with Crippen molar-refractivity contribution in [3.63, 3.8) is 0 Å². The fourth-order valence-electron chi connectivity index (χ4n) is 5.14. The Bertz CT molecular complexity index is 1010. The number of hydrogen-bond donors (Lipinski definition) is 6. The van der Waals surface area contributed by atoms with Crippen molar-refractivity contribution in [3.05, 3.63) is 48.2 Å². The maximum atomic E-state index is 12.3. The highest BCUT2D eigenvalue weighted by molar-refractivity contribution is 5.87. The molecule has 5 rings (SSSR count). The van der Waals surface area contributed by atoms with Gasteiger partial charge in [0.05, 0.1) is 24.9 Å². The van der Waals surface area contributed by atoms with Gasteiger partial charge in [0.1, 0.15) is 48.5 Å². The van der Waals surface area contributed by atoms with Crippen LogP contribution in [0.15, 0.2) is 42.7 Å². The molecule has 36 heavy (non-hydrogen) atoms. The molecular formula is C24H28O12. The van der Waals surface area contributed by atoms with Crippen LogP contribution in [0.25, 0.3) is 6.08 Å². The molecular weight excluding hydrogens is 480 g/mol. The van der Waals surface area contributed by atoms with Crippen LogP contribution in [0.2, 0.25) is 0 Å². The van der Waals surface area contributed by atoms with Gasteiger partial charge in [0.25, 0.3) is 0 Å². The minimum atomic E-state index is -1.64. The average molecular weight is 508 g/mol. The number of rotatable bonds is 7. The van der Waals surface area contributed by atoms with Gasteiger partial charge in [0.2, 0.25) is 6.29 Å². The summed E-state index contributed by atoms with van der Waals surface area (Å²) in [6.45, 7) is -0.829. The summed E-state index contributed by atoms with van der Waals surface area (Å²) >= 11 is 0. The van der Waals surface area contributed by atoms with E-state index in [0.717, 1.165) is 0 Å². The molecule has 0 bridgehead atoms. The van der Waals surface area contributed by atoms with Crippen molar-refractivity contribution in [1.29, 1.82) is 0 Å². The molecule has 12 nitrogen and oxygen atoms in total. The lowest BCUT2D eigenvalue weighted by Crippen LogP contribution is -2.60. The zero-order valence-corrected chi connectivity index (χ0v) is 18.9. The number of esters is 1. The van der Waals surface area contributed by atoms with E-state index in [1.165, 1.54) is 30.5 Å². The van der Waals surface area contributed by atoms with Crippen LogP contribution < -0.4 is 0 Å². The van der Waals surface area contributed by atoms with E-state index in [2.05, 4.69) is 0 Å². The summed E-state index contributed by atoms with van der Waals surface area (Å²) in [7, 11) is 0. The summed E-state index contributed by atoms with van der Waals surface area (Å²) in [4.78, 5) is 12.3. The Hall–Kier alpha value is -2.55. The van der Waals surface area contributed by atoms with Crippen molar-refractivity contribution in [2.45, 2.75) is 54.8 Å². The van der Waals surface area contributed by atoms with Crippen LogP contribution in [-0.2, 0) is 28.5 Å². The SMILES string of the molecule is O=C(C=Cc1ccc(O)cc1)OC[C@]12O[C@H]1[C@@H](O)[C@@H]1C=CO[C@@H](O[C@@H]3O[C@H](CO)[C@@H](O)[C@H](O)[C@H]3O)[C@@H]12. The Morgan fingerprint density at radius 1 is 1.03 bits per heavy atom. The van der Waals surface area contributed by atoms with E-state index in [0.29, 0.717) is 5.56 Å². The van der Waals surface area contributed by atoms with Crippen LogP contribution in [0, 0.1) is 11.8 Å². The summed E-state index contributed by atoms with van der Waals surface area (Å²) in [5.74, 6) is -1.69. The Morgan fingerprint density at radius 3 is 2.50 bits per heavy atom. The number of fused-ring (bicyclic) bond motifs is 3. The van der Waals surface area contributed by atoms with Crippen molar-refractivity contribution < 1.29 is 59.1 Å². The van der Waals surface area contributed by atoms with E-state index in [1.807, 2.05) is 0 Å². The zero-order valence-electron chi connectivity index (χ0n) is 18.9. The maximum absolute atomic E-state index is 12.3. The number of aromatic hydroxyl groups is 1. The predicted molar refractivity (Wildman–Crippen MR) is 118 cm³/mol. The lowest BCUT2D eigenvalue weighted by Gasteiger charge is -2.43. The zero-order chi connectivity index (χ0) is 25.6. The van der Waals surface area contributed by atoms with Crippen LogP contribution in [-0.4, -0.2) is 105 Å². The molecule has 1 aromatic carbocycles.